The molecule has 8 nitrogen and oxygen atoms in total. The maximum absolute atomic E-state index is 13.1. The van der Waals surface area contributed by atoms with Gasteiger partial charge in [0.1, 0.15) is 11.5 Å². The molecule has 1 unspecified atom stereocenters. The van der Waals surface area contributed by atoms with Crippen molar-refractivity contribution in [2.75, 3.05) is 19.1 Å². The molecule has 0 bridgehead atoms. The molecule has 2 aromatic carbocycles. The molecular formula is C24H22N4O4. The first kappa shape index (κ1) is 21.2. The third-order valence-corrected chi connectivity index (χ3v) is 5.72. The number of anilines is 1. The van der Waals surface area contributed by atoms with Crippen LogP contribution in [-0.4, -0.2) is 26.2 Å². The Labute approximate surface area is 185 Å². The van der Waals surface area contributed by atoms with E-state index < -0.39 is 17.9 Å². The number of nitrogens with zero attached hydrogens (tertiary/aromatic N) is 2. The van der Waals surface area contributed by atoms with Crippen LogP contribution in [0.2, 0.25) is 0 Å². The van der Waals surface area contributed by atoms with Crippen LogP contribution in [0.4, 0.5) is 5.69 Å². The van der Waals surface area contributed by atoms with Crippen molar-refractivity contribution < 1.29 is 19.1 Å². The van der Waals surface area contributed by atoms with Crippen LogP contribution >= 0.6 is 0 Å². The molecule has 162 valence electrons. The Morgan fingerprint density at radius 2 is 1.78 bits per heavy atom. The van der Waals surface area contributed by atoms with Crippen LogP contribution in [0.1, 0.15) is 22.6 Å². The lowest BCUT2D eigenvalue weighted by Gasteiger charge is -2.36. The maximum Gasteiger partial charge on any atom is 0.355 e. The van der Waals surface area contributed by atoms with Crippen LogP contribution in [-0.2, 0) is 32.2 Å². The molecule has 32 heavy (non-hydrogen) atoms. The van der Waals surface area contributed by atoms with Crippen molar-refractivity contribution in [3.63, 3.8) is 0 Å². The molecule has 2 aliphatic heterocycles. The number of carbonyl (C=O) groups is 2. The van der Waals surface area contributed by atoms with E-state index in [-0.39, 0.29) is 22.7 Å². The highest BCUT2D eigenvalue weighted by Crippen LogP contribution is 2.44. The van der Waals surface area contributed by atoms with Gasteiger partial charge in [0.2, 0.25) is 0 Å². The molecule has 3 N–H and O–H groups in total. The fourth-order valence-electron chi connectivity index (χ4n) is 4.29. The van der Waals surface area contributed by atoms with Gasteiger partial charge in [-0.1, -0.05) is 42.5 Å². The molecule has 0 radical (unpaired) electrons. The summed E-state index contributed by atoms with van der Waals surface area (Å²) in [5.41, 5.74) is 9.83. The van der Waals surface area contributed by atoms with Gasteiger partial charge in [0.15, 0.2) is 0 Å². The number of allylic oxidation sites excluding steroid dienone is 1. The van der Waals surface area contributed by atoms with Gasteiger partial charge < -0.3 is 20.5 Å². The standard InChI is InChI=1S/C24H22N4O4/c1-31-23(29)20-19(14-7-4-3-5-8-14)16(11-25)22(26)28(21(20)24(30)32-2)18-10-6-9-15-12-27-13-17(15)18/h3-10,19,27H,12-13,26H2,1-2H3. The number of nitrogens with two attached hydrogens (primary N) is 1. The summed E-state index contributed by atoms with van der Waals surface area (Å²) in [6.07, 6.45) is 0. The summed E-state index contributed by atoms with van der Waals surface area (Å²) < 4.78 is 10.1. The number of esters is 2. The zero-order valence-corrected chi connectivity index (χ0v) is 17.7. The quantitative estimate of drug-likeness (QED) is 0.709. The molecule has 2 aromatic rings. The van der Waals surface area contributed by atoms with Crippen molar-refractivity contribution in [2.45, 2.75) is 19.0 Å². The molecule has 0 aromatic heterocycles. The van der Waals surface area contributed by atoms with Gasteiger partial charge in [-0.15, -0.1) is 0 Å². The van der Waals surface area contributed by atoms with E-state index in [1.807, 2.05) is 18.2 Å². The number of rotatable bonds is 4. The van der Waals surface area contributed by atoms with Gasteiger partial charge in [-0.05, 0) is 22.8 Å². The minimum Gasteiger partial charge on any atom is -0.466 e. The van der Waals surface area contributed by atoms with Gasteiger partial charge >= 0.3 is 11.9 Å². The highest BCUT2D eigenvalue weighted by molar-refractivity contribution is 6.06. The van der Waals surface area contributed by atoms with Gasteiger partial charge in [0.25, 0.3) is 0 Å². The Kier molecular flexibility index (Phi) is 5.67. The Morgan fingerprint density at radius 3 is 2.44 bits per heavy atom. The molecule has 2 aliphatic rings. The summed E-state index contributed by atoms with van der Waals surface area (Å²) in [6.45, 7) is 1.22. The first-order valence-electron chi connectivity index (χ1n) is 10.0. The molecule has 4 rings (SSSR count). The summed E-state index contributed by atoms with van der Waals surface area (Å²) in [6, 6.07) is 16.7. The fourth-order valence-corrected chi connectivity index (χ4v) is 4.29. The molecule has 1 atom stereocenters. The van der Waals surface area contributed by atoms with Gasteiger partial charge in [0.05, 0.1) is 43.0 Å². The average molecular weight is 430 g/mol. The molecule has 0 spiro atoms. The third kappa shape index (κ3) is 3.29. The minimum atomic E-state index is -0.881. The van der Waals surface area contributed by atoms with Crippen LogP contribution in [0.25, 0.3) is 0 Å². The maximum atomic E-state index is 13.1. The van der Waals surface area contributed by atoms with Crippen molar-refractivity contribution >= 4 is 17.6 Å². The van der Waals surface area contributed by atoms with E-state index in [1.54, 1.807) is 30.3 Å². The van der Waals surface area contributed by atoms with E-state index in [4.69, 9.17) is 15.2 Å². The van der Waals surface area contributed by atoms with Crippen molar-refractivity contribution in [2.24, 2.45) is 5.73 Å². The second kappa shape index (κ2) is 8.57. The fraction of sp³-hybridized carbons (Fsp3) is 0.208. The van der Waals surface area contributed by atoms with Crippen molar-refractivity contribution in [3.05, 3.63) is 87.9 Å². The van der Waals surface area contributed by atoms with Crippen LogP contribution < -0.4 is 16.0 Å². The number of benzene rings is 2. The largest absolute Gasteiger partial charge is 0.466 e. The highest BCUT2D eigenvalue weighted by Gasteiger charge is 2.43. The lowest BCUT2D eigenvalue weighted by Crippen LogP contribution is -2.41. The number of nitriles is 1. The van der Waals surface area contributed by atoms with E-state index in [2.05, 4.69) is 11.4 Å². The van der Waals surface area contributed by atoms with Gasteiger partial charge in [-0.3, -0.25) is 4.90 Å². The topological polar surface area (TPSA) is 118 Å². The Balaban J connectivity index is 2.07. The SMILES string of the molecule is COC(=O)C1=C(C(=O)OC)N(c2cccc3c2CNC3)C(N)=C(C#N)C1c1ccccc1. The summed E-state index contributed by atoms with van der Waals surface area (Å²) in [7, 11) is 2.46. The highest BCUT2D eigenvalue weighted by atomic mass is 16.5. The first-order chi connectivity index (χ1) is 15.5. The van der Waals surface area contributed by atoms with Gasteiger partial charge in [-0.25, -0.2) is 9.59 Å². The van der Waals surface area contributed by atoms with Crippen molar-refractivity contribution in [1.29, 1.82) is 5.26 Å². The number of methoxy groups -OCH3 is 2. The Morgan fingerprint density at radius 1 is 1.06 bits per heavy atom. The van der Waals surface area contributed by atoms with Crippen LogP contribution in [0.3, 0.4) is 0 Å². The van der Waals surface area contributed by atoms with Gasteiger partial charge in [0, 0.05) is 13.1 Å². The minimum absolute atomic E-state index is 0.000130. The second-order valence-corrected chi connectivity index (χ2v) is 7.35. The molecule has 8 heteroatoms. The first-order valence-corrected chi connectivity index (χ1v) is 10.0. The molecule has 0 fully saturated rings. The monoisotopic (exact) mass is 430 g/mol. The normalized spacial score (nSPS) is 17.7. The Hall–Kier alpha value is -4.09. The molecule has 0 saturated heterocycles. The number of hydrogen-bond donors (Lipinski definition) is 2. The molecule has 0 saturated carbocycles. The average Bonchev–Trinajstić information content (AvgIpc) is 3.32. The van der Waals surface area contributed by atoms with E-state index >= 15 is 0 Å². The number of carbonyl (C=O) groups excluding carboxylic acids is 2. The molecule has 0 amide bonds. The number of ether oxygens (including phenoxy) is 2. The number of nitrogens with one attached hydrogen (secondary N) is 1. The predicted octanol–water partition coefficient (Wildman–Crippen LogP) is 2.19. The summed E-state index contributed by atoms with van der Waals surface area (Å²) >= 11 is 0. The predicted molar refractivity (Wildman–Crippen MR) is 117 cm³/mol. The van der Waals surface area contributed by atoms with Crippen molar-refractivity contribution in [1.82, 2.24) is 5.32 Å². The summed E-state index contributed by atoms with van der Waals surface area (Å²) in [5.74, 6) is -2.31. The van der Waals surface area contributed by atoms with Gasteiger partial charge in [-0.2, -0.15) is 5.26 Å². The number of fused-ring (bicyclic) bond motifs is 1. The van der Waals surface area contributed by atoms with Crippen LogP contribution in [0.5, 0.6) is 0 Å². The molecule has 0 aliphatic carbocycles. The zero-order chi connectivity index (χ0) is 22.8. The number of hydrogen-bond acceptors (Lipinski definition) is 8. The second-order valence-electron chi connectivity index (χ2n) is 7.35. The lowest BCUT2D eigenvalue weighted by molar-refractivity contribution is -0.139. The van der Waals surface area contributed by atoms with Crippen molar-refractivity contribution in [3.8, 4) is 6.07 Å². The van der Waals surface area contributed by atoms with E-state index in [1.165, 1.54) is 19.1 Å². The zero-order valence-electron chi connectivity index (χ0n) is 17.7. The smallest absolute Gasteiger partial charge is 0.355 e. The van der Waals surface area contributed by atoms with E-state index in [0.717, 1.165) is 11.1 Å². The summed E-state index contributed by atoms with van der Waals surface area (Å²) in [4.78, 5) is 27.6. The molecule has 2 heterocycles. The Bertz CT molecular complexity index is 1190. The van der Waals surface area contributed by atoms with E-state index in [0.29, 0.717) is 24.3 Å². The third-order valence-electron chi connectivity index (χ3n) is 5.72. The van der Waals surface area contributed by atoms with Crippen LogP contribution in [0.15, 0.2) is 71.2 Å². The van der Waals surface area contributed by atoms with Crippen LogP contribution in [0, 0.1) is 11.3 Å². The molecular weight excluding hydrogens is 408 g/mol. The summed E-state index contributed by atoms with van der Waals surface area (Å²) in [5, 5.41) is 13.4. The van der Waals surface area contributed by atoms with E-state index in [9.17, 15) is 14.9 Å². The lowest BCUT2D eigenvalue weighted by atomic mass is 9.80.